The summed E-state index contributed by atoms with van der Waals surface area (Å²) < 4.78 is 25.8. The molecule has 4 N–H and O–H groups in total. The first-order chi connectivity index (χ1) is 14.9. The molecule has 3 heterocycles. The number of rotatable bonds is 2. The molecule has 1 aliphatic rings. The Labute approximate surface area is 179 Å². The lowest BCUT2D eigenvalue weighted by Crippen LogP contribution is -2.16. The van der Waals surface area contributed by atoms with Gasteiger partial charge in [0.2, 0.25) is 0 Å². The van der Waals surface area contributed by atoms with Crippen molar-refractivity contribution in [3.05, 3.63) is 70.6 Å². The SMILES string of the molecule is CCc1onc2c1-c1cnc(N)c(c1)O[C@H](C)c1cc(F)ccc1C(=N)/C(=C\NC)C2. The molecule has 3 aromatic rings. The van der Waals surface area contributed by atoms with Gasteiger partial charge in [0.25, 0.3) is 0 Å². The third-order valence-corrected chi connectivity index (χ3v) is 5.35. The van der Waals surface area contributed by atoms with Crippen LogP contribution in [-0.2, 0) is 12.8 Å². The molecule has 0 spiro atoms. The average molecular weight is 421 g/mol. The van der Waals surface area contributed by atoms with E-state index in [0.717, 1.165) is 16.9 Å². The number of nitrogens with zero attached hydrogens (tertiary/aromatic N) is 2. The van der Waals surface area contributed by atoms with Crippen LogP contribution in [0.5, 0.6) is 5.75 Å². The Balaban J connectivity index is 1.99. The van der Waals surface area contributed by atoms with Gasteiger partial charge in [0, 0.05) is 54.5 Å². The predicted octanol–water partition coefficient (Wildman–Crippen LogP) is 4.19. The zero-order valence-corrected chi connectivity index (χ0v) is 17.6. The van der Waals surface area contributed by atoms with Gasteiger partial charge in [0.05, 0.1) is 11.4 Å². The minimum Gasteiger partial charge on any atom is -0.482 e. The number of aromatic nitrogens is 2. The van der Waals surface area contributed by atoms with Gasteiger partial charge in [-0.25, -0.2) is 9.37 Å². The Hall–Kier alpha value is -3.68. The molecule has 0 fully saturated rings. The molecule has 1 aromatic carbocycles. The minimum absolute atomic E-state index is 0.229. The fourth-order valence-corrected chi connectivity index (χ4v) is 3.83. The lowest BCUT2D eigenvalue weighted by molar-refractivity contribution is 0.227. The van der Waals surface area contributed by atoms with Crippen molar-refractivity contribution in [3.8, 4) is 16.9 Å². The van der Waals surface area contributed by atoms with Crippen LogP contribution in [0.4, 0.5) is 10.2 Å². The summed E-state index contributed by atoms with van der Waals surface area (Å²) in [6.45, 7) is 3.78. The molecule has 160 valence electrons. The van der Waals surface area contributed by atoms with Gasteiger partial charge < -0.3 is 20.3 Å². The predicted molar refractivity (Wildman–Crippen MR) is 117 cm³/mol. The number of allylic oxidation sites excluding steroid dienone is 1. The van der Waals surface area contributed by atoms with E-state index in [1.165, 1.54) is 12.1 Å². The number of pyridine rings is 1. The minimum atomic E-state index is -0.562. The molecule has 1 aliphatic heterocycles. The van der Waals surface area contributed by atoms with Crippen LogP contribution in [0.15, 0.2) is 46.8 Å². The summed E-state index contributed by atoms with van der Waals surface area (Å²) in [7, 11) is 1.77. The van der Waals surface area contributed by atoms with Crippen LogP contribution in [0.1, 0.15) is 42.5 Å². The number of hydrogen-bond acceptors (Lipinski definition) is 7. The van der Waals surface area contributed by atoms with Crippen LogP contribution >= 0.6 is 0 Å². The summed E-state index contributed by atoms with van der Waals surface area (Å²) in [4.78, 5) is 4.30. The number of benzene rings is 1. The molecule has 0 unspecified atom stereocenters. The molecule has 0 radical (unpaired) electrons. The molecule has 0 saturated carbocycles. The molecule has 0 amide bonds. The van der Waals surface area contributed by atoms with Crippen LogP contribution < -0.4 is 15.8 Å². The molecule has 7 nitrogen and oxygen atoms in total. The second-order valence-electron chi connectivity index (χ2n) is 7.39. The van der Waals surface area contributed by atoms with Crippen LogP contribution in [0.2, 0.25) is 0 Å². The van der Waals surface area contributed by atoms with Crippen molar-refractivity contribution in [3.63, 3.8) is 0 Å². The van der Waals surface area contributed by atoms with Gasteiger partial charge in [-0.2, -0.15) is 0 Å². The Kier molecular flexibility index (Phi) is 5.46. The Morgan fingerprint density at radius 3 is 2.90 bits per heavy atom. The molecule has 8 heteroatoms. The first-order valence-corrected chi connectivity index (χ1v) is 10.1. The maximum absolute atomic E-state index is 14.1. The standard InChI is InChI=1S/C23H24FN5O2/c1-4-19-21-13-8-20(23(26)28-11-13)30-12(2)17-9-15(24)5-6-16(17)22(25)14(10-27-3)7-18(21)29-31-19/h5-6,8-12,25,27H,4,7H2,1-3H3,(H2,26,28)/b14-10-,25-22?/t12-/m1/s1. The zero-order valence-electron chi connectivity index (χ0n) is 17.6. The normalized spacial score (nSPS) is 17.2. The maximum Gasteiger partial charge on any atom is 0.166 e. The lowest BCUT2D eigenvalue weighted by Gasteiger charge is -2.22. The van der Waals surface area contributed by atoms with Gasteiger partial charge >= 0.3 is 0 Å². The molecular formula is C23H24FN5O2. The lowest BCUT2D eigenvalue weighted by atomic mass is 9.91. The Morgan fingerprint density at radius 1 is 1.35 bits per heavy atom. The van der Waals surface area contributed by atoms with E-state index in [-0.39, 0.29) is 11.5 Å². The Bertz CT molecular complexity index is 1180. The van der Waals surface area contributed by atoms with Crippen LogP contribution in [0, 0.1) is 11.2 Å². The van der Waals surface area contributed by atoms with Crippen molar-refractivity contribution < 1.29 is 13.7 Å². The van der Waals surface area contributed by atoms with Crippen molar-refractivity contribution in [2.45, 2.75) is 32.8 Å². The van der Waals surface area contributed by atoms with Gasteiger partial charge in [-0.15, -0.1) is 0 Å². The first kappa shape index (κ1) is 20.6. The highest BCUT2D eigenvalue weighted by Crippen LogP contribution is 2.37. The number of nitrogens with one attached hydrogen (secondary N) is 2. The number of fused-ring (bicyclic) bond motifs is 5. The molecule has 2 aromatic heterocycles. The highest BCUT2D eigenvalue weighted by atomic mass is 19.1. The summed E-state index contributed by atoms with van der Waals surface area (Å²) in [6, 6.07) is 6.14. The maximum atomic E-state index is 14.1. The van der Waals surface area contributed by atoms with E-state index in [2.05, 4.69) is 15.5 Å². The van der Waals surface area contributed by atoms with Gasteiger partial charge in [0.1, 0.15) is 17.7 Å². The molecule has 0 aliphatic carbocycles. The number of anilines is 1. The molecule has 0 saturated heterocycles. The number of aryl methyl sites for hydroxylation is 1. The number of hydrogen-bond donors (Lipinski definition) is 3. The molecule has 4 rings (SSSR count). The summed E-state index contributed by atoms with van der Waals surface area (Å²) >= 11 is 0. The summed E-state index contributed by atoms with van der Waals surface area (Å²) in [5, 5.41) is 16.2. The van der Waals surface area contributed by atoms with Crippen molar-refractivity contribution in [1.29, 1.82) is 5.41 Å². The largest absolute Gasteiger partial charge is 0.482 e. The van der Waals surface area contributed by atoms with E-state index in [1.54, 1.807) is 38.5 Å². The third kappa shape index (κ3) is 3.76. The van der Waals surface area contributed by atoms with Crippen LogP contribution in [-0.4, -0.2) is 22.9 Å². The quantitative estimate of drug-likeness (QED) is 0.572. The Morgan fingerprint density at radius 2 is 2.16 bits per heavy atom. The van der Waals surface area contributed by atoms with Crippen LogP contribution in [0.25, 0.3) is 11.1 Å². The first-order valence-electron chi connectivity index (χ1n) is 10.1. The molecule has 2 bridgehead atoms. The number of ether oxygens (including phenoxy) is 1. The highest BCUT2D eigenvalue weighted by molar-refractivity contribution is 6.11. The topological polar surface area (TPSA) is 110 Å². The average Bonchev–Trinajstić information content (AvgIpc) is 3.16. The van der Waals surface area contributed by atoms with E-state index in [9.17, 15) is 4.39 Å². The van der Waals surface area contributed by atoms with Crippen molar-refractivity contribution in [2.75, 3.05) is 12.8 Å². The number of halogens is 1. The van der Waals surface area contributed by atoms with Gasteiger partial charge in [-0.05, 0) is 36.8 Å². The van der Waals surface area contributed by atoms with E-state index in [0.29, 0.717) is 41.0 Å². The zero-order chi connectivity index (χ0) is 22.1. The fraction of sp³-hybridized carbons (Fsp3) is 0.261. The second kappa shape index (κ2) is 8.22. The fourth-order valence-electron chi connectivity index (χ4n) is 3.83. The number of nitrogens with two attached hydrogens (primary N) is 1. The van der Waals surface area contributed by atoms with Gasteiger partial charge in [-0.1, -0.05) is 12.1 Å². The number of nitrogen functional groups attached to an aromatic ring is 1. The second-order valence-corrected chi connectivity index (χ2v) is 7.39. The van der Waals surface area contributed by atoms with E-state index >= 15 is 0 Å². The van der Waals surface area contributed by atoms with Gasteiger partial charge in [0.15, 0.2) is 11.6 Å². The monoisotopic (exact) mass is 421 g/mol. The van der Waals surface area contributed by atoms with Crippen LogP contribution in [0.3, 0.4) is 0 Å². The van der Waals surface area contributed by atoms with Gasteiger partial charge in [-0.3, -0.25) is 5.41 Å². The molecular weight excluding hydrogens is 397 g/mol. The molecule has 31 heavy (non-hydrogen) atoms. The van der Waals surface area contributed by atoms with E-state index < -0.39 is 11.9 Å². The van der Waals surface area contributed by atoms with Crippen molar-refractivity contribution in [2.24, 2.45) is 0 Å². The van der Waals surface area contributed by atoms with Crippen molar-refractivity contribution >= 4 is 11.5 Å². The highest BCUT2D eigenvalue weighted by Gasteiger charge is 2.25. The summed E-state index contributed by atoms with van der Waals surface area (Å²) in [5.74, 6) is 0.926. The summed E-state index contributed by atoms with van der Waals surface area (Å²) in [5.41, 5.74) is 10.4. The smallest absolute Gasteiger partial charge is 0.166 e. The molecule has 1 atom stereocenters. The van der Waals surface area contributed by atoms with E-state index in [1.807, 2.05) is 6.92 Å². The van der Waals surface area contributed by atoms with E-state index in [4.69, 9.17) is 20.4 Å². The summed E-state index contributed by atoms with van der Waals surface area (Å²) in [6.07, 6.45) is 3.85. The van der Waals surface area contributed by atoms with Crippen molar-refractivity contribution in [1.82, 2.24) is 15.5 Å². The third-order valence-electron chi connectivity index (χ3n) is 5.35.